The largest absolute Gasteiger partial charge is 0.295 e. The van der Waals surface area contributed by atoms with Crippen molar-refractivity contribution in [3.63, 3.8) is 0 Å². The van der Waals surface area contributed by atoms with Gasteiger partial charge < -0.3 is 0 Å². The molecule has 0 amide bonds. The van der Waals surface area contributed by atoms with Gasteiger partial charge in [-0.3, -0.25) is 9.52 Å². The van der Waals surface area contributed by atoms with E-state index in [-0.39, 0.29) is 11.5 Å². The number of ketones is 1. The zero-order valence-electron chi connectivity index (χ0n) is 10.1. The SMILES string of the molecule is CCCCS(=O)(=O)Nc1cccc(C(C)=O)c1. The van der Waals surface area contributed by atoms with E-state index >= 15 is 0 Å². The van der Waals surface area contributed by atoms with E-state index in [1.54, 1.807) is 24.3 Å². The number of hydrogen-bond acceptors (Lipinski definition) is 3. The lowest BCUT2D eigenvalue weighted by atomic mass is 10.1. The zero-order chi connectivity index (χ0) is 12.9. The molecule has 1 N–H and O–H groups in total. The first-order chi connectivity index (χ1) is 7.94. The molecular formula is C12H17NO3S. The Morgan fingerprint density at radius 2 is 2.06 bits per heavy atom. The first kappa shape index (κ1) is 13.7. The van der Waals surface area contributed by atoms with Crippen LogP contribution in [0.4, 0.5) is 5.69 Å². The lowest BCUT2D eigenvalue weighted by Gasteiger charge is -2.08. The summed E-state index contributed by atoms with van der Waals surface area (Å²) in [6, 6.07) is 6.50. The number of benzene rings is 1. The molecule has 0 spiro atoms. The molecule has 0 aromatic heterocycles. The highest BCUT2D eigenvalue weighted by atomic mass is 32.2. The number of Topliss-reactive ketones (excluding diaryl/α,β-unsaturated/α-hetero) is 1. The van der Waals surface area contributed by atoms with Gasteiger partial charge in [-0.25, -0.2) is 8.42 Å². The highest BCUT2D eigenvalue weighted by molar-refractivity contribution is 7.92. The van der Waals surface area contributed by atoms with Crippen LogP contribution in [0.5, 0.6) is 0 Å². The van der Waals surface area contributed by atoms with E-state index in [4.69, 9.17) is 0 Å². The predicted octanol–water partition coefficient (Wildman–Crippen LogP) is 2.43. The number of unbranched alkanes of at least 4 members (excludes halogenated alkanes) is 1. The third-order valence-electron chi connectivity index (χ3n) is 2.31. The first-order valence-electron chi connectivity index (χ1n) is 5.56. The zero-order valence-corrected chi connectivity index (χ0v) is 10.9. The number of rotatable bonds is 6. The van der Waals surface area contributed by atoms with Gasteiger partial charge in [0.05, 0.1) is 5.75 Å². The summed E-state index contributed by atoms with van der Waals surface area (Å²) in [7, 11) is -3.30. The van der Waals surface area contributed by atoms with Gasteiger partial charge in [-0.2, -0.15) is 0 Å². The van der Waals surface area contributed by atoms with Gasteiger partial charge in [0.1, 0.15) is 0 Å². The summed E-state index contributed by atoms with van der Waals surface area (Å²) in [6.07, 6.45) is 1.45. The van der Waals surface area contributed by atoms with Crippen molar-refractivity contribution in [1.29, 1.82) is 0 Å². The Kier molecular flexibility index (Phi) is 4.69. The Morgan fingerprint density at radius 1 is 1.35 bits per heavy atom. The van der Waals surface area contributed by atoms with Crippen molar-refractivity contribution in [2.45, 2.75) is 26.7 Å². The summed E-state index contributed by atoms with van der Waals surface area (Å²) in [5.41, 5.74) is 0.939. The second-order valence-corrected chi connectivity index (χ2v) is 5.75. The molecule has 94 valence electrons. The molecule has 1 rings (SSSR count). The summed E-state index contributed by atoms with van der Waals surface area (Å²) in [5.74, 6) is 0.0213. The van der Waals surface area contributed by atoms with Crippen LogP contribution in [0, 0.1) is 0 Å². The van der Waals surface area contributed by atoms with E-state index in [0.717, 1.165) is 6.42 Å². The van der Waals surface area contributed by atoms with Gasteiger partial charge in [-0.1, -0.05) is 25.5 Å². The smallest absolute Gasteiger partial charge is 0.232 e. The Balaban J connectivity index is 2.81. The van der Waals surface area contributed by atoms with Gasteiger partial charge in [0.25, 0.3) is 0 Å². The quantitative estimate of drug-likeness (QED) is 0.794. The summed E-state index contributed by atoms with van der Waals surface area (Å²) in [4.78, 5) is 11.2. The molecule has 0 fully saturated rings. The molecule has 5 heteroatoms. The Bertz CT molecular complexity index is 494. The van der Waals surface area contributed by atoms with Crippen LogP contribution in [-0.2, 0) is 10.0 Å². The molecule has 0 aliphatic heterocycles. The summed E-state index contributed by atoms with van der Waals surface area (Å²) in [6.45, 7) is 3.39. The molecule has 0 radical (unpaired) electrons. The summed E-state index contributed by atoms with van der Waals surface area (Å²) < 4.78 is 25.8. The van der Waals surface area contributed by atoms with Crippen molar-refractivity contribution in [2.24, 2.45) is 0 Å². The maximum Gasteiger partial charge on any atom is 0.232 e. The fourth-order valence-corrected chi connectivity index (χ4v) is 2.62. The van der Waals surface area contributed by atoms with Crippen LogP contribution in [0.25, 0.3) is 0 Å². The maximum atomic E-state index is 11.6. The van der Waals surface area contributed by atoms with Crippen LogP contribution in [0.1, 0.15) is 37.0 Å². The average molecular weight is 255 g/mol. The number of anilines is 1. The third-order valence-corrected chi connectivity index (χ3v) is 3.68. The molecule has 0 aliphatic carbocycles. The topological polar surface area (TPSA) is 63.2 Å². The van der Waals surface area contributed by atoms with Crippen molar-refractivity contribution >= 4 is 21.5 Å². The van der Waals surface area contributed by atoms with E-state index in [2.05, 4.69) is 4.72 Å². The van der Waals surface area contributed by atoms with Crippen molar-refractivity contribution in [3.8, 4) is 0 Å². The van der Waals surface area contributed by atoms with Crippen LogP contribution in [-0.4, -0.2) is 20.0 Å². The molecule has 0 aliphatic rings. The van der Waals surface area contributed by atoms with E-state index in [9.17, 15) is 13.2 Å². The van der Waals surface area contributed by atoms with Crippen LogP contribution < -0.4 is 4.72 Å². The molecular weight excluding hydrogens is 238 g/mol. The number of carbonyl (C=O) groups excluding carboxylic acids is 1. The molecule has 0 atom stereocenters. The molecule has 0 heterocycles. The van der Waals surface area contributed by atoms with Gasteiger partial charge in [-0.05, 0) is 25.5 Å². The van der Waals surface area contributed by atoms with Crippen LogP contribution in [0.3, 0.4) is 0 Å². The highest BCUT2D eigenvalue weighted by Gasteiger charge is 2.10. The fourth-order valence-electron chi connectivity index (χ4n) is 1.37. The standard InChI is InChI=1S/C12H17NO3S/c1-3-4-8-17(15,16)13-12-7-5-6-11(9-12)10(2)14/h5-7,9,13H,3-4,8H2,1-2H3. The molecule has 0 saturated heterocycles. The Morgan fingerprint density at radius 3 is 2.65 bits per heavy atom. The molecule has 1 aromatic carbocycles. The third kappa shape index (κ3) is 4.56. The number of sulfonamides is 1. The summed E-state index contributed by atoms with van der Waals surface area (Å²) >= 11 is 0. The van der Waals surface area contributed by atoms with Crippen LogP contribution in [0.2, 0.25) is 0 Å². The Hall–Kier alpha value is -1.36. The van der Waals surface area contributed by atoms with Gasteiger partial charge in [0.15, 0.2) is 5.78 Å². The van der Waals surface area contributed by atoms with Crippen molar-refractivity contribution in [2.75, 3.05) is 10.5 Å². The van der Waals surface area contributed by atoms with Crippen LogP contribution >= 0.6 is 0 Å². The van der Waals surface area contributed by atoms with Crippen molar-refractivity contribution in [3.05, 3.63) is 29.8 Å². The number of hydrogen-bond donors (Lipinski definition) is 1. The van der Waals surface area contributed by atoms with E-state index < -0.39 is 10.0 Å². The maximum absolute atomic E-state index is 11.6. The number of carbonyl (C=O) groups is 1. The first-order valence-corrected chi connectivity index (χ1v) is 7.21. The second-order valence-electron chi connectivity index (χ2n) is 3.91. The monoisotopic (exact) mass is 255 g/mol. The van der Waals surface area contributed by atoms with E-state index in [0.29, 0.717) is 17.7 Å². The minimum atomic E-state index is -3.30. The average Bonchev–Trinajstić information content (AvgIpc) is 2.26. The predicted molar refractivity (Wildman–Crippen MR) is 68.8 cm³/mol. The van der Waals surface area contributed by atoms with E-state index in [1.165, 1.54) is 6.92 Å². The summed E-state index contributed by atoms with van der Waals surface area (Å²) in [5, 5.41) is 0. The molecule has 17 heavy (non-hydrogen) atoms. The van der Waals surface area contributed by atoms with Crippen LogP contribution in [0.15, 0.2) is 24.3 Å². The second kappa shape index (κ2) is 5.82. The van der Waals surface area contributed by atoms with Gasteiger partial charge in [0, 0.05) is 11.3 Å². The lowest BCUT2D eigenvalue weighted by molar-refractivity contribution is 0.101. The normalized spacial score (nSPS) is 11.2. The van der Waals surface area contributed by atoms with Gasteiger partial charge >= 0.3 is 0 Å². The Labute approximate surface area is 102 Å². The molecule has 1 aromatic rings. The minimum absolute atomic E-state index is 0.0837. The molecule has 4 nitrogen and oxygen atoms in total. The van der Waals surface area contributed by atoms with Crippen molar-refractivity contribution in [1.82, 2.24) is 0 Å². The minimum Gasteiger partial charge on any atom is -0.295 e. The molecule has 0 saturated carbocycles. The highest BCUT2D eigenvalue weighted by Crippen LogP contribution is 2.13. The van der Waals surface area contributed by atoms with E-state index in [1.807, 2.05) is 6.92 Å². The molecule has 0 bridgehead atoms. The van der Waals surface area contributed by atoms with Gasteiger partial charge in [-0.15, -0.1) is 0 Å². The number of nitrogens with one attached hydrogen (secondary N) is 1. The van der Waals surface area contributed by atoms with Gasteiger partial charge in [0.2, 0.25) is 10.0 Å². The molecule has 0 unspecified atom stereocenters. The fraction of sp³-hybridized carbons (Fsp3) is 0.417. The van der Waals surface area contributed by atoms with Crippen molar-refractivity contribution < 1.29 is 13.2 Å². The lowest BCUT2D eigenvalue weighted by Crippen LogP contribution is -2.16.